The van der Waals surface area contributed by atoms with Gasteiger partial charge >= 0.3 is 0 Å². The summed E-state index contributed by atoms with van der Waals surface area (Å²) in [6, 6.07) is 11.2. The second kappa shape index (κ2) is 9.60. The van der Waals surface area contributed by atoms with Crippen LogP contribution in [0.5, 0.6) is 11.5 Å². The first-order chi connectivity index (χ1) is 13.3. The fourth-order valence-electron chi connectivity index (χ4n) is 2.57. The number of nitrogens with zero attached hydrogens (tertiary/aromatic N) is 1. The number of rotatable bonds is 7. The Hall–Kier alpha value is -3.28. The maximum Gasteiger partial charge on any atom is 0.246 e. The van der Waals surface area contributed by atoms with Gasteiger partial charge in [-0.15, -0.1) is 0 Å². The van der Waals surface area contributed by atoms with Crippen LogP contribution < -0.4 is 14.8 Å². The largest absolute Gasteiger partial charge is 0.497 e. The van der Waals surface area contributed by atoms with E-state index in [1.807, 2.05) is 32.0 Å². The fourth-order valence-corrected chi connectivity index (χ4v) is 2.57. The van der Waals surface area contributed by atoms with Gasteiger partial charge in [0.05, 0.1) is 20.8 Å². The minimum atomic E-state index is -0.280. The first-order valence-corrected chi connectivity index (χ1v) is 8.85. The summed E-state index contributed by atoms with van der Waals surface area (Å²) in [7, 11) is 4.72. The number of amides is 2. The third kappa shape index (κ3) is 5.87. The van der Waals surface area contributed by atoms with E-state index in [0.717, 1.165) is 22.4 Å². The smallest absolute Gasteiger partial charge is 0.246 e. The summed E-state index contributed by atoms with van der Waals surface area (Å²) in [5.74, 6) is 0.735. The predicted octanol–water partition coefficient (Wildman–Crippen LogP) is 3.43. The Morgan fingerprint density at radius 1 is 1.04 bits per heavy atom. The molecule has 2 aromatic carbocycles. The molecule has 0 saturated carbocycles. The number of carbonyl (C=O) groups is 2. The number of benzene rings is 2. The molecule has 148 valence electrons. The number of ether oxygens (including phenoxy) is 2. The Labute approximate surface area is 165 Å². The van der Waals surface area contributed by atoms with Crippen LogP contribution in [-0.4, -0.2) is 44.5 Å². The number of carbonyl (C=O) groups excluding carboxylic acids is 2. The van der Waals surface area contributed by atoms with Crippen LogP contribution in [0.2, 0.25) is 0 Å². The SMILES string of the molecule is COc1cc(/C=C/C(=O)N(C)CC(=O)Nc2cc(C)ccc2C)cc(OC)c1. The summed E-state index contributed by atoms with van der Waals surface area (Å²) in [6.07, 6.45) is 3.08. The lowest BCUT2D eigenvalue weighted by atomic mass is 10.1. The van der Waals surface area contributed by atoms with E-state index in [0.29, 0.717) is 11.5 Å². The van der Waals surface area contributed by atoms with E-state index in [2.05, 4.69) is 5.32 Å². The normalized spacial score (nSPS) is 10.6. The molecule has 1 N–H and O–H groups in total. The van der Waals surface area contributed by atoms with Gasteiger partial charge in [-0.05, 0) is 54.8 Å². The van der Waals surface area contributed by atoms with Gasteiger partial charge in [0.1, 0.15) is 11.5 Å². The second-order valence-electron chi connectivity index (χ2n) is 6.54. The van der Waals surface area contributed by atoms with Gasteiger partial charge in [0.2, 0.25) is 11.8 Å². The van der Waals surface area contributed by atoms with Gasteiger partial charge in [-0.1, -0.05) is 12.1 Å². The first-order valence-electron chi connectivity index (χ1n) is 8.85. The van der Waals surface area contributed by atoms with Crippen molar-refractivity contribution in [3.05, 3.63) is 59.2 Å². The van der Waals surface area contributed by atoms with E-state index in [1.54, 1.807) is 45.5 Å². The minimum Gasteiger partial charge on any atom is -0.497 e. The summed E-state index contributed by atoms with van der Waals surface area (Å²) < 4.78 is 10.4. The highest BCUT2D eigenvalue weighted by Crippen LogP contribution is 2.23. The molecule has 0 heterocycles. The van der Waals surface area contributed by atoms with Crippen LogP contribution >= 0.6 is 0 Å². The van der Waals surface area contributed by atoms with Crippen LogP contribution in [0.1, 0.15) is 16.7 Å². The molecule has 0 atom stereocenters. The number of hydrogen-bond acceptors (Lipinski definition) is 4. The van der Waals surface area contributed by atoms with Gasteiger partial charge in [-0.2, -0.15) is 0 Å². The lowest BCUT2D eigenvalue weighted by Crippen LogP contribution is -2.34. The number of anilines is 1. The second-order valence-corrected chi connectivity index (χ2v) is 6.54. The zero-order valence-corrected chi connectivity index (χ0v) is 16.9. The van der Waals surface area contributed by atoms with Crippen molar-refractivity contribution in [2.75, 3.05) is 33.1 Å². The van der Waals surface area contributed by atoms with Crippen LogP contribution in [0.15, 0.2) is 42.5 Å². The van der Waals surface area contributed by atoms with Gasteiger partial charge < -0.3 is 19.7 Å². The highest BCUT2D eigenvalue weighted by molar-refractivity contribution is 5.98. The molecule has 2 amide bonds. The summed E-state index contributed by atoms with van der Waals surface area (Å²) in [5.41, 5.74) is 3.55. The maximum atomic E-state index is 12.3. The van der Waals surface area contributed by atoms with Crippen molar-refractivity contribution in [1.82, 2.24) is 4.90 Å². The molecule has 2 rings (SSSR count). The standard InChI is InChI=1S/C22H26N2O4/c1-15-6-7-16(2)20(10-15)23-21(25)14-24(3)22(26)9-8-17-11-18(27-4)13-19(12-17)28-5/h6-13H,14H2,1-5H3,(H,23,25)/b9-8+. The molecule has 0 unspecified atom stereocenters. The summed E-state index contributed by atoms with van der Waals surface area (Å²) in [5, 5.41) is 2.85. The number of methoxy groups -OCH3 is 2. The highest BCUT2D eigenvalue weighted by atomic mass is 16.5. The van der Waals surface area contributed by atoms with Gasteiger partial charge in [0, 0.05) is 24.9 Å². The van der Waals surface area contributed by atoms with E-state index in [1.165, 1.54) is 11.0 Å². The molecule has 0 fully saturated rings. The molecule has 0 radical (unpaired) electrons. The fraction of sp³-hybridized carbons (Fsp3) is 0.273. The van der Waals surface area contributed by atoms with E-state index >= 15 is 0 Å². The molecule has 0 saturated heterocycles. The Balaban J connectivity index is 1.99. The molecule has 6 nitrogen and oxygen atoms in total. The van der Waals surface area contributed by atoms with Crippen molar-refractivity contribution >= 4 is 23.6 Å². The number of nitrogens with one attached hydrogen (secondary N) is 1. The Morgan fingerprint density at radius 3 is 2.29 bits per heavy atom. The summed E-state index contributed by atoms with van der Waals surface area (Å²) in [6.45, 7) is 3.84. The van der Waals surface area contributed by atoms with Crippen LogP contribution in [0, 0.1) is 13.8 Å². The molecule has 0 aliphatic heterocycles. The predicted molar refractivity (Wildman–Crippen MR) is 111 cm³/mol. The molecule has 0 bridgehead atoms. The summed E-state index contributed by atoms with van der Waals surface area (Å²) >= 11 is 0. The molecule has 0 aromatic heterocycles. The van der Waals surface area contributed by atoms with E-state index < -0.39 is 0 Å². The summed E-state index contributed by atoms with van der Waals surface area (Å²) in [4.78, 5) is 26.0. The molecule has 0 aliphatic carbocycles. The topological polar surface area (TPSA) is 67.9 Å². The van der Waals surface area contributed by atoms with Crippen molar-refractivity contribution in [1.29, 1.82) is 0 Å². The Bertz CT molecular complexity index is 868. The third-order valence-electron chi connectivity index (χ3n) is 4.22. The average Bonchev–Trinajstić information content (AvgIpc) is 2.68. The van der Waals surface area contributed by atoms with Crippen LogP contribution in [-0.2, 0) is 9.59 Å². The molecular formula is C22H26N2O4. The van der Waals surface area contributed by atoms with Gasteiger partial charge in [-0.3, -0.25) is 9.59 Å². The highest BCUT2D eigenvalue weighted by Gasteiger charge is 2.12. The lowest BCUT2D eigenvalue weighted by Gasteiger charge is -2.16. The first kappa shape index (κ1) is 21.0. The molecule has 6 heteroatoms. The maximum absolute atomic E-state index is 12.3. The zero-order chi connectivity index (χ0) is 20.7. The average molecular weight is 382 g/mol. The monoisotopic (exact) mass is 382 g/mol. The number of likely N-dealkylation sites (N-methyl/N-ethyl adjacent to an activating group) is 1. The molecular weight excluding hydrogens is 356 g/mol. The van der Waals surface area contributed by atoms with E-state index in [9.17, 15) is 9.59 Å². The van der Waals surface area contributed by atoms with Crippen molar-refractivity contribution in [3.8, 4) is 11.5 Å². The van der Waals surface area contributed by atoms with Gasteiger partial charge in [0.15, 0.2) is 0 Å². The molecule has 0 spiro atoms. The van der Waals surface area contributed by atoms with Crippen molar-refractivity contribution in [2.24, 2.45) is 0 Å². The van der Waals surface area contributed by atoms with Crippen LogP contribution in [0.4, 0.5) is 5.69 Å². The Morgan fingerprint density at radius 2 is 1.68 bits per heavy atom. The van der Waals surface area contributed by atoms with Crippen LogP contribution in [0.25, 0.3) is 6.08 Å². The molecule has 28 heavy (non-hydrogen) atoms. The third-order valence-corrected chi connectivity index (χ3v) is 4.22. The Kier molecular flexibility index (Phi) is 7.21. The minimum absolute atomic E-state index is 0.0437. The number of hydrogen-bond donors (Lipinski definition) is 1. The van der Waals surface area contributed by atoms with Crippen molar-refractivity contribution in [3.63, 3.8) is 0 Å². The lowest BCUT2D eigenvalue weighted by molar-refractivity contribution is -0.129. The van der Waals surface area contributed by atoms with Crippen molar-refractivity contribution in [2.45, 2.75) is 13.8 Å². The van der Waals surface area contributed by atoms with E-state index in [4.69, 9.17) is 9.47 Å². The quantitative estimate of drug-likeness (QED) is 0.745. The molecule has 0 aliphatic rings. The van der Waals surface area contributed by atoms with Gasteiger partial charge in [0.25, 0.3) is 0 Å². The zero-order valence-electron chi connectivity index (χ0n) is 16.9. The number of aryl methyl sites for hydroxylation is 2. The molecule has 2 aromatic rings. The van der Waals surface area contributed by atoms with Crippen LogP contribution in [0.3, 0.4) is 0 Å². The van der Waals surface area contributed by atoms with Gasteiger partial charge in [-0.25, -0.2) is 0 Å². The van der Waals surface area contributed by atoms with E-state index in [-0.39, 0.29) is 18.4 Å². The van der Waals surface area contributed by atoms with Crippen molar-refractivity contribution < 1.29 is 19.1 Å².